The first-order chi connectivity index (χ1) is 17.6. The van der Waals surface area contributed by atoms with Gasteiger partial charge in [-0.25, -0.2) is 15.0 Å². The normalized spacial score (nSPS) is 22.9. The minimum absolute atomic E-state index is 0.00357. The molecule has 3 fully saturated rings. The lowest BCUT2D eigenvalue weighted by Gasteiger charge is -2.34. The molecule has 186 valence electrons. The van der Waals surface area contributed by atoms with Crippen LogP contribution in [0.4, 0.5) is 17.3 Å². The Kier molecular flexibility index (Phi) is 6.10. The van der Waals surface area contributed by atoms with Gasteiger partial charge in [0.15, 0.2) is 5.82 Å². The fraction of sp³-hybridized carbons (Fsp3) is 0.385. The Balaban J connectivity index is 1.20. The number of likely N-dealkylation sites (tertiary alicyclic amines) is 1. The van der Waals surface area contributed by atoms with Gasteiger partial charge in [-0.05, 0) is 49.2 Å². The summed E-state index contributed by atoms with van der Waals surface area (Å²) in [5.74, 6) is 2.51. The van der Waals surface area contributed by atoms with Crippen LogP contribution in [0.25, 0.3) is 11.0 Å². The summed E-state index contributed by atoms with van der Waals surface area (Å²) in [7, 11) is 0. The van der Waals surface area contributed by atoms with E-state index < -0.39 is 0 Å². The Bertz CT molecular complexity index is 1310. The number of piperazine rings is 1. The minimum atomic E-state index is -0.00357. The number of aromatic nitrogens is 3. The highest BCUT2D eigenvalue weighted by atomic mass is 35.5. The van der Waals surface area contributed by atoms with Crippen molar-refractivity contribution in [2.45, 2.75) is 24.9 Å². The molecular formula is C26H27ClN6O3. The van der Waals surface area contributed by atoms with Crippen molar-refractivity contribution in [3.05, 3.63) is 54.3 Å². The molecule has 0 saturated carbocycles. The fourth-order valence-electron chi connectivity index (χ4n) is 5.27. The minimum Gasteiger partial charge on any atom is -0.492 e. The van der Waals surface area contributed by atoms with Gasteiger partial charge in [-0.3, -0.25) is 4.79 Å². The molecule has 36 heavy (non-hydrogen) atoms. The first-order valence-corrected chi connectivity index (χ1v) is 12.6. The van der Waals surface area contributed by atoms with Crippen LogP contribution in [0.1, 0.15) is 12.8 Å². The van der Waals surface area contributed by atoms with E-state index in [1.165, 1.54) is 12.4 Å². The van der Waals surface area contributed by atoms with Crippen LogP contribution in [0.2, 0.25) is 5.02 Å². The number of rotatable bonds is 7. The second-order valence-corrected chi connectivity index (χ2v) is 9.87. The number of fused-ring (bicyclic) bond motifs is 3. The molecule has 3 saturated heterocycles. The summed E-state index contributed by atoms with van der Waals surface area (Å²) in [6.07, 6.45) is 4.86. The Morgan fingerprint density at radius 1 is 1.25 bits per heavy atom. The number of carbonyl (C=O) groups is 1. The summed E-state index contributed by atoms with van der Waals surface area (Å²) < 4.78 is 11.3. The number of amides is 1. The summed E-state index contributed by atoms with van der Waals surface area (Å²) in [5, 5.41) is 3.86. The number of hydrogen-bond acceptors (Lipinski definition) is 8. The average molecular weight is 507 g/mol. The Labute approximate surface area is 214 Å². The second kappa shape index (κ2) is 9.55. The zero-order valence-electron chi connectivity index (χ0n) is 19.8. The smallest absolute Gasteiger partial charge is 0.246 e. The van der Waals surface area contributed by atoms with Crippen molar-refractivity contribution in [3.63, 3.8) is 0 Å². The first kappa shape index (κ1) is 23.0. The molecule has 5 heterocycles. The van der Waals surface area contributed by atoms with E-state index in [0.717, 1.165) is 49.6 Å². The molecule has 3 aliphatic heterocycles. The third kappa shape index (κ3) is 4.33. The maximum atomic E-state index is 12.1. The molecule has 6 rings (SSSR count). The quantitative estimate of drug-likeness (QED) is 0.483. The van der Waals surface area contributed by atoms with Crippen LogP contribution in [0.15, 0.2) is 49.3 Å². The summed E-state index contributed by atoms with van der Waals surface area (Å²) in [6, 6.07) is 9.97. The lowest BCUT2D eigenvalue weighted by atomic mass is 10.1. The molecule has 1 aromatic carbocycles. The first-order valence-electron chi connectivity index (χ1n) is 12.2. The molecule has 1 N–H and O–H groups in total. The van der Waals surface area contributed by atoms with Crippen LogP contribution in [-0.2, 0) is 9.53 Å². The second-order valence-electron chi connectivity index (χ2n) is 9.46. The third-order valence-electron chi connectivity index (χ3n) is 7.15. The number of nitrogens with one attached hydrogen (secondary N) is 1. The Hall–Kier alpha value is -3.43. The van der Waals surface area contributed by atoms with Crippen molar-refractivity contribution in [1.82, 2.24) is 19.9 Å². The monoisotopic (exact) mass is 506 g/mol. The van der Waals surface area contributed by atoms with Gasteiger partial charge < -0.3 is 24.6 Å². The van der Waals surface area contributed by atoms with Gasteiger partial charge >= 0.3 is 0 Å². The highest BCUT2D eigenvalue weighted by Crippen LogP contribution is 2.35. The van der Waals surface area contributed by atoms with Gasteiger partial charge in [-0.2, -0.15) is 0 Å². The van der Waals surface area contributed by atoms with Crippen molar-refractivity contribution in [2.75, 3.05) is 43.1 Å². The average Bonchev–Trinajstić information content (AvgIpc) is 3.66. The highest BCUT2D eigenvalue weighted by molar-refractivity contribution is 6.32. The van der Waals surface area contributed by atoms with Crippen LogP contribution in [0.5, 0.6) is 5.75 Å². The molecule has 3 atom stereocenters. The molecule has 9 nitrogen and oxygen atoms in total. The van der Waals surface area contributed by atoms with Crippen LogP contribution < -0.4 is 15.0 Å². The van der Waals surface area contributed by atoms with Crippen molar-refractivity contribution < 1.29 is 14.3 Å². The van der Waals surface area contributed by atoms with E-state index in [1.807, 2.05) is 35.2 Å². The molecule has 2 bridgehead atoms. The standard InChI is InChI=1S/C26H27ClN6O3/c1-2-24(34)33-12-18-10-19(33)11-32(18)23-6-4-21-25(31-23)26(29-15-28-21)30-17-3-5-22(20(27)9-17)36-14-16-7-8-35-13-16/h2-6,9,15-16,18-19H,1,7-8,10-14H2,(H,28,29,30)/t16-,18-,19-/m0/s1. The fourth-order valence-corrected chi connectivity index (χ4v) is 5.51. The number of anilines is 3. The van der Waals surface area contributed by atoms with Crippen LogP contribution in [-0.4, -0.2) is 70.8 Å². The SMILES string of the molecule is C=CC(=O)N1C[C@@H]2C[C@H]1CN2c1ccc2ncnc(Nc3ccc(OC[C@H]4CCOC4)c(Cl)c3)c2n1. The summed E-state index contributed by atoms with van der Waals surface area (Å²) in [5.41, 5.74) is 2.20. The van der Waals surface area contributed by atoms with Crippen LogP contribution in [0, 0.1) is 5.92 Å². The largest absolute Gasteiger partial charge is 0.492 e. The predicted molar refractivity (Wildman–Crippen MR) is 138 cm³/mol. The van der Waals surface area contributed by atoms with Crippen molar-refractivity contribution in [3.8, 4) is 5.75 Å². The zero-order chi connectivity index (χ0) is 24.6. The van der Waals surface area contributed by atoms with Gasteiger partial charge in [-0.1, -0.05) is 18.2 Å². The number of benzene rings is 1. The van der Waals surface area contributed by atoms with Crippen molar-refractivity contribution in [1.29, 1.82) is 0 Å². The molecule has 0 unspecified atom stereocenters. The lowest BCUT2D eigenvalue weighted by molar-refractivity contribution is -0.127. The predicted octanol–water partition coefficient (Wildman–Crippen LogP) is 3.81. The Morgan fingerprint density at radius 3 is 2.92 bits per heavy atom. The van der Waals surface area contributed by atoms with E-state index in [-0.39, 0.29) is 18.0 Å². The third-order valence-corrected chi connectivity index (χ3v) is 7.45. The number of ether oxygens (including phenoxy) is 2. The molecule has 3 aromatic rings. The molecule has 10 heteroatoms. The molecular weight excluding hydrogens is 480 g/mol. The van der Waals surface area contributed by atoms with Gasteiger partial charge in [0.1, 0.15) is 23.4 Å². The van der Waals surface area contributed by atoms with Gasteiger partial charge in [0, 0.05) is 31.3 Å². The van der Waals surface area contributed by atoms with Crippen molar-refractivity contribution in [2.24, 2.45) is 5.92 Å². The van der Waals surface area contributed by atoms with Crippen LogP contribution >= 0.6 is 11.6 Å². The molecule has 3 aliphatic rings. The molecule has 0 aliphatic carbocycles. The number of pyridine rings is 1. The summed E-state index contributed by atoms with van der Waals surface area (Å²) in [6.45, 7) is 7.18. The Morgan fingerprint density at radius 2 is 2.17 bits per heavy atom. The van der Waals surface area contributed by atoms with E-state index in [1.54, 1.807) is 0 Å². The lowest BCUT2D eigenvalue weighted by Crippen LogP contribution is -2.48. The number of nitrogens with zero attached hydrogens (tertiary/aromatic N) is 5. The molecule has 0 radical (unpaired) electrons. The van der Waals surface area contributed by atoms with E-state index >= 15 is 0 Å². The van der Waals surface area contributed by atoms with Gasteiger partial charge in [0.25, 0.3) is 0 Å². The molecule has 2 aromatic heterocycles. The zero-order valence-corrected chi connectivity index (χ0v) is 20.5. The van der Waals surface area contributed by atoms with Crippen molar-refractivity contribution >= 4 is 45.9 Å². The number of halogens is 1. The van der Waals surface area contributed by atoms with E-state index in [4.69, 9.17) is 26.1 Å². The van der Waals surface area contributed by atoms with Gasteiger partial charge in [-0.15, -0.1) is 0 Å². The maximum Gasteiger partial charge on any atom is 0.246 e. The van der Waals surface area contributed by atoms with E-state index in [2.05, 4.69) is 26.8 Å². The number of carbonyl (C=O) groups excluding carboxylic acids is 1. The summed E-state index contributed by atoms with van der Waals surface area (Å²) >= 11 is 6.51. The van der Waals surface area contributed by atoms with E-state index in [0.29, 0.717) is 41.2 Å². The highest BCUT2D eigenvalue weighted by Gasteiger charge is 2.45. The van der Waals surface area contributed by atoms with E-state index in [9.17, 15) is 4.79 Å². The molecule has 1 amide bonds. The van der Waals surface area contributed by atoms with Crippen LogP contribution in [0.3, 0.4) is 0 Å². The maximum absolute atomic E-state index is 12.1. The molecule has 0 spiro atoms. The summed E-state index contributed by atoms with van der Waals surface area (Å²) in [4.78, 5) is 30.0. The van der Waals surface area contributed by atoms with Gasteiger partial charge in [0.2, 0.25) is 5.91 Å². The van der Waals surface area contributed by atoms with Gasteiger partial charge in [0.05, 0.1) is 35.8 Å². The topological polar surface area (TPSA) is 92.7 Å². The number of hydrogen-bond donors (Lipinski definition) is 1.